The number of alkyl halides is 3. The van der Waals surface area contributed by atoms with Crippen LogP contribution in [0.25, 0.3) is 0 Å². The summed E-state index contributed by atoms with van der Waals surface area (Å²) in [5.41, 5.74) is 5.23. The minimum Gasteiger partial charge on any atom is -0.439 e. The number of likely N-dealkylation sites (N-methyl/N-ethyl adjacent to an activating group) is 1. The van der Waals surface area contributed by atoms with E-state index in [1.807, 2.05) is 19.0 Å². The van der Waals surface area contributed by atoms with E-state index in [1.54, 1.807) is 24.3 Å². The van der Waals surface area contributed by atoms with Gasteiger partial charge in [-0.15, -0.1) is 0 Å². The summed E-state index contributed by atoms with van der Waals surface area (Å²) in [5.74, 6) is -0.0125. The Balaban J connectivity index is 1.90. The first-order valence-corrected chi connectivity index (χ1v) is 9.25. The summed E-state index contributed by atoms with van der Waals surface area (Å²) in [7, 11) is 3.63. The van der Waals surface area contributed by atoms with Gasteiger partial charge in [-0.05, 0) is 43.4 Å². The normalized spacial score (nSPS) is 21.9. The smallest absolute Gasteiger partial charge is 0.433 e. The molecule has 1 saturated heterocycles. The molecule has 3 atom stereocenters. The van der Waals surface area contributed by atoms with Gasteiger partial charge in [-0.1, -0.05) is 12.1 Å². The largest absolute Gasteiger partial charge is 0.439 e. The minimum atomic E-state index is -4.63. The maximum atomic E-state index is 13.1. The van der Waals surface area contributed by atoms with Crippen molar-refractivity contribution in [3.05, 3.63) is 53.2 Å². The topological polar surface area (TPSA) is 91.9 Å². The van der Waals surface area contributed by atoms with Crippen molar-refractivity contribution in [1.82, 2.24) is 14.8 Å². The Hall–Kier alpha value is -2.69. The molecule has 2 heterocycles. The van der Waals surface area contributed by atoms with Gasteiger partial charge < -0.3 is 25.4 Å². The molecule has 3 unspecified atom stereocenters. The van der Waals surface area contributed by atoms with Gasteiger partial charge in [0.1, 0.15) is 11.4 Å². The zero-order valence-electron chi connectivity index (χ0n) is 16.5. The van der Waals surface area contributed by atoms with E-state index in [0.29, 0.717) is 18.5 Å². The molecule has 0 radical (unpaired) electrons. The van der Waals surface area contributed by atoms with E-state index in [9.17, 15) is 23.1 Å². The molecule has 1 aliphatic heterocycles. The lowest BCUT2D eigenvalue weighted by atomic mass is 10.00. The summed E-state index contributed by atoms with van der Waals surface area (Å²) in [6, 6.07) is 7.86. The Morgan fingerprint density at radius 3 is 2.67 bits per heavy atom. The van der Waals surface area contributed by atoms with Gasteiger partial charge >= 0.3 is 6.18 Å². The number of nitrogens with two attached hydrogens (primary N) is 1. The van der Waals surface area contributed by atoms with Crippen LogP contribution in [0.1, 0.15) is 22.9 Å². The van der Waals surface area contributed by atoms with Crippen LogP contribution < -0.4 is 10.5 Å². The molecule has 0 aliphatic carbocycles. The van der Waals surface area contributed by atoms with Crippen LogP contribution >= 0.6 is 0 Å². The first kappa shape index (κ1) is 22.0. The number of carbonyl (C=O) groups is 1. The highest BCUT2D eigenvalue weighted by atomic mass is 19.4. The number of rotatable bonds is 6. The number of aliphatic hydroxyl groups is 1. The van der Waals surface area contributed by atoms with Crippen molar-refractivity contribution >= 4 is 6.41 Å². The molecule has 10 heteroatoms. The number of benzene rings is 1. The van der Waals surface area contributed by atoms with Crippen molar-refractivity contribution in [2.24, 2.45) is 5.73 Å². The van der Waals surface area contributed by atoms with Gasteiger partial charge in [-0.25, -0.2) is 4.98 Å². The average molecular weight is 424 g/mol. The number of aliphatic hydroxyl groups excluding tert-OH is 1. The van der Waals surface area contributed by atoms with Gasteiger partial charge in [0.25, 0.3) is 0 Å². The standard InChI is InChI=1S/C20H23F3N4O3/c1-26(2)15-10-27(11-28)18(19(15)29)13-4-3-5-14(8-13)30-17-7-12(9-24)6-16(25-17)20(21,22)23/h3-8,11,15,18-19,29H,9-10,24H2,1-2H3. The molecule has 162 valence electrons. The molecule has 0 bridgehead atoms. The first-order chi connectivity index (χ1) is 14.1. The highest BCUT2D eigenvalue weighted by Crippen LogP contribution is 2.36. The number of hydrogen-bond donors (Lipinski definition) is 2. The maximum absolute atomic E-state index is 13.1. The van der Waals surface area contributed by atoms with Gasteiger partial charge in [0.2, 0.25) is 12.3 Å². The van der Waals surface area contributed by atoms with E-state index in [1.165, 1.54) is 11.0 Å². The molecular weight excluding hydrogens is 401 g/mol. The van der Waals surface area contributed by atoms with Gasteiger partial charge in [-0.2, -0.15) is 13.2 Å². The maximum Gasteiger partial charge on any atom is 0.433 e. The van der Waals surface area contributed by atoms with Crippen LogP contribution in [0, 0.1) is 0 Å². The molecule has 1 aromatic carbocycles. The average Bonchev–Trinajstić information content (AvgIpc) is 3.03. The number of ether oxygens (including phenoxy) is 1. The third kappa shape index (κ3) is 4.55. The van der Waals surface area contributed by atoms with Crippen molar-refractivity contribution in [2.75, 3.05) is 20.6 Å². The second-order valence-corrected chi connectivity index (χ2v) is 7.34. The molecule has 3 N–H and O–H groups in total. The Labute approximate surface area is 171 Å². The number of hydrogen-bond acceptors (Lipinski definition) is 6. The Morgan fingerprint density at radius 1 is 1.33 bits per heavy atom. The fourth-order valence-electron chi connectivity index (χ4n) is 3.57. The van der Waals surface area contributed by atoms with Crippen LogP contribution in [-0.2, 0) is 17.5 Å². The van der Waals surface area contributed by atoms with E-state index in [4.69, 9.17) is 10.5 Å². The third-order valence-electron chi connectivity index (χ3n) is 5.08. The molecular formula is C20H23F3N4O3. The lowest BCUT2D eigenvalue weighted by molar-refractivity contribution is -0.141. The predicted molar refractivity (Wildman–Crippen MR) is 103 cm³/mol. The quantitative estimate of drug-likeness (QED) is 0.691. The monoisotopic (exact) mass is 424 g/mol. The van der Waals surface area contributed by atoms with E-state index in [0.717, 1.165) is 6.07 Å². The van der Waals surface area contributed by atoms with Crippen LogP contribution in [0.2, 0.25) is 0 Å². The zero-order valence-corrected chi connectivity index (χ0v) is 16.5. The molecule has 30 heavy (non-hydrogen) atoms. The molecule has 1 aliphatic rings. The number of pyridine rings is 1. The zero-order chi connectivity index (χ0) is 22.1. The van der Waals surface area contributed by atoms with Crippen molar-refractivity contribution in [3.8, 4) is 11.6 Å². The van der Waals surface area contributed by atoms with E-state index in [-0.39, 0.29) is 29.8 Å². The lowest BCUT2D eigenvalue weighted by Gasteiger charge is -2.25. The second-order valence-electron chi connectivity index (χ2n) is 7.34. The van der Waals surface area contributed by atoms with Crippen LogP contribution in [0.15, 0.2) is 36.4 Å². The summed E-state index contributed by atoms with van der Waals surface area (Å²) >= 11 is 0. The lowest BCUT2D eigenvalue weighted by Crippen LogP contribution is -2.38. The van der Waals surface area contributed by atoms with Crippen LogP contribution in [0.5, 0.6) is 11.6 Å². The highest BCUT2D eigenvalue weighted by molar-refractivity contribution is 5.51. The number of halogens is 3. The summed E-state index contributed by atoms with van der Waals surface area (Å²) in [6.45, 7) is 0.249. The van der Waals surface area contributed by atoms with Crippen LogP contribution in [0.4, 0.5) is 13.2 Å². The summed E-state index contributed by atoms with van der Waals surface area (Å²) in [5, 5.41) is 10.7. The fourth-order valence-corrected chi connectivity index (χ4v) is 3.57. The Kier molecular flexibility index (Phi) is 6.30. The molecule has 0 saturated carbocycles. The predicted octanol–water partition coefficient (Wildman–Crippen LogP) is 2.16. The van der Waals surface area contributed by atoms with Crippen molar-refractivity contribution < 1.29 is 27.8 Å². The van der Waals surface area contributed by atoms with Crippen molar-refractivity contribution in [3.63, 3.8) is 0 Å². The minimum absolute atomic E-state index is 0.101. The number of likely N-dealkylation sites (tertiary alicyclic amines) is 1. The molecule has 7 nitrogen and oxygen atoms in total. The Morgan fingerprint density at radius 2 is 2.07 bits per heavy atom. The van der Waals surface area contributed by atoms with Crippen LogP contribution in [0.3, 0.4) is 0 Å². The van der Waals surface area contributed by atoms with Crippen LogP contribution in [-0.4, -0.2) is 59.1 Å². The highest BCUT2D eigenvalue weighted by Gasteiger charge is 2.42. The molecule has 2 aromatic rings. The molecule has 3 rings (SSSR count). The number of aromatic nitrogens is 1. The molecule has 1 amide bonds. The third-order valence-corrected chi connectivity index (χ3v) is 5.08. The number of amides is 1. The van der Waals surface area contributed by atoms with Gasteiger partial charge in [0.15, 0.2) is 0 Å². The Bertz CT molecular complexity index is 907. The van der Waals surface area contributed by atoms with Crippen molar-refractivity contribution in [1.29, 1.82) is 0 Å². The first-order valence-electron chi connectivity index (χ1n) is 9.25. The number of carbonyl (C=O) groups excluding carboxylic acids is 1. The second kappa shape index (κ2) is 8.58. The molecule has 1 aromatic heterocycles. The molecule has 1 fully saturated rings. The SMILES string of the molecule is CN(C)C1CN(C=O)C(c2cccc(Oc3cc(CN)cc(C(F)(F)F)n3)c2)C1O. The van der Waals surface area contributed by atoms with Gasteiger partial charge in [0, 0.05) is 19.2 Å². The summed E-state index contributed by atoms with van der Waals surface area (Å²) in [4.78, 5) is 18.4. The van der Waals surface area contributed by atoms with Gasteiger partial charge in [0.05, 0.1) is 18.2 Å². The molecule has 0 spiro atoms. The summed E-state index contributed by atoms with van der Waals surface area (Å²) in [6.07, 6.45) is -4.80. The van der Waals surface area contributed by atoms with E-state index < -0.39 is 24.0 Å². The fraction of sp³-hybridized carbons (Fsp3) is 0.400. The summed E-state index contributed by atoms with van der Waals surface area (Å²) < 4.78 is 44.8. The van der Waals surface area contributed by atoms with Gasteiger partial charge in [-0.3, -0.25) is 4.79 Å². The van der Waals surface area contributed by atoms with Crippen molar-refractivity contribution in [2.45, 2.75) is 30.9 Å². The van der Waals surface area contributed by atoms with E-state index in [2.05, 4.69) is 4.98 Å². The van der Waals surface area contributed by atoms with E-state index >= 15 is 0 Å². The number of nitrogens with zero attached hydrogens (tertiary/aromatic N) is 3.